The Morgan fingerprint density at radius 3 is 2.33 bits per heavy atom. The van der Waals surface area contributed by atoms with Crippen LogP contribution in [-0.2, 0) is 0 Å². The molecular formula is C8H15N. The molecule has 0 saturated heterocycles. The van der Waals surface area contributed by atoms with Crippen LogP contribution in [-0.4, -0.2) is 0 Å². The highest BCUT2D eigenvalue weighted by molar-refractivity contribution is 5.10. The molecule has 2 N–H and O–H groups in total. The zero-order chi connectivity index (χ0) is 7.28. The minimum Gasteiger partial charge on any atom is -0.402 e. The number of nitrogens with two attached hydrogens (primary N) is 1. The Labute approximate surface area is 57.3 Å². The van der Waals surface area contributed by atoms with Gasteiger partial charge in [-0.2, -0.15) is 0 Å². The maximum absolute atomic E-state index is 5.61. The normalized spacial score (nSPS) is 13.6. The van der Waals surface area contributed by atoms with E-state index in [4.69, 9.17) is 5.73 Å². The van der Waals surface area contributed by atoms with Crippen molar-refractivity contribution in [1.29, 1.82) is 0 Å². The molecule has 0 rings (SSSR count). The maximum Gasteiger partial charge on any atom is 0.0106 e. The van der Waals surface area contributed by atoms with Crippen molar-refractivity contribution in [3.8, 4) is 0 Å². The molecule has 1 nitrogen and oxygen atoms in total. The second-order valence-corrected chi connectivity index (χ2v) is 2.35. The van der Waals surface area contributed by atoms with Crippen LogP contribution in [0.15, 0.2) is 23.9 Å². The van der Waals surface area contributed by atoms with Gasteiger partial charge < -0.3 is 5.73 Å². The molecule has 0 atom stereocenters. The first kappa shape index (κ1) is 8.28. The zero-order valence-electron chi connectivity index (χ0n) is 6.39. The molecule has 0 spiro atoms. The van der Waals surface area contributed by atoms with Crippen LogP contribution >= 0.6 is 0 Å². The summed E-state index contributed by atoms with van der Waals surface area (Å²) in [6.45, 7) is 6.13. The third-order valence-electron chi connectivity index (χ3n) is 1.15. The summed E-state index contributed by atoms with van der Waals surface area (Å²) in [4.78, 5) is 0. The van der Waals surface area contributed by atoms with Gasteiger partial charge in [0.1, 0.15) is 0 Å². The highest BCUT2D eigenvalue weighted by Crippen LogP contribution is 2.00. The van der Waals surface area contributed by atoms with Crippen molar-refractivity contribution in [3.05, 3.63) is 23.9 Å². The van der Waals surface area contributed by atoms with Crippen LogP contribution in [0.3, 0.4) is 0 Å². The first-order chi connectivity index (χ1) is 4.18. The van der Waals surface area contributed by atoms with E-state index in [0.29, 0.717) is 5.92 Å². The topological polar surface area (TPSA) is 26.0 Å². The molecule has 1 heteroatoms. The van der Waals surface area contributed by atoms with E-state index in [0.717, 1.165) is 5.70 Å². The lowest BCUT2D eigenvalue weighted by atomic mass is 10.1. The van der Waals surface area contributed by atoms with Gasteiger partial charge in [-0.1, -0.05) is 26.0 Å². The van der Waals surface area contributed by atoms with Gasteiger partial charge in [-0.25, -0.2) is 0 Å². The van der Waals surface area contributed by atoms with E-state index < -0.39 is 0 Å². The van der Waals surface area contributed by atoms with Gasteiger partial charge in [-0.05, 0) is 18.9 Å². The standard InChI is InChI=1S/C8H15N/c1-4-5-6-8(9)7(2)3/h4-7H,9H2,1-3H3/b5-4-,8-6-. The van der Waals surface area contributed by atoms with Gasteiger partial charge in [0.15, 0.2) is 0 Å². The summed E-state index contributed by atoms with van der Waals surface area (Å²) in [6, 6.07) is 0. The van der Waals surface area contributed by atoms with Crippen LogP contribution in [0.25, 0.3) is 0 Å². The van der Waals surface area contributed by atoms with Crippen LogP contribution in [0.1, 0.15) is 20.8 Å². The lowest BCUT2D eigenvalue weighted by Gasteiger charge is -2.01. The first-order valence-electron chi connectivity index (χ1n) is 3.26. The summed E-state index contributed by atoms with van der Waals surface area (Å²) in [5, 5.41) is 0. The lowest BCUT2D eigenvalue weighted by molar-refractivity contribution is 0.757. The molecule has 0 heterocycles. The van der Waals surface area contributed by atoms with Crippen LogP contribution in [0.5, 0.6) is 0 Å². The van der Waals surface area contributed by atoms with E-state index in [1.54, 1.807) is 0 Å². The third kappa shape index (κ3) is 3.83. The molecule has 0 aliphatic carbocycles. The fourth-order valence-electron chi connectivity index (χ4n) is 0.400. The molecule has 0 saturated carbocycles. The van der Waals surface area contributed by atoms with Crippen molar-refractivity contribution in [2.24, 2.45) is 11.7 Å². The Kier molecular flexibility index (Phi) is 3.85. The number of hydrogen-bond donors (Lipinski definition) is 1. The average Bonchev–Trinajstić information content (AvgIpc) is 1.82. The van der Waals surface area contributed by atoms with Crippen molar-refractivity contribution >= 4 is 0 Å². The molecule has 0 aromatic heterocycles. The lowest BCUT2D eigenvalue weighted by Crippen LogP contribution is -2.03. The average molecular weight is 125 g/mol. The van der Waals surface area contributed by atoms with Gasteiger partial charge in [0, 0.05) is 5.70 Å². The summed E-state index contributed by atoms with van der Waals surface area (Å²) in [5.41, 5.74) is 6.55. The van der Waals surface area contributed by atoms with Crippen LogP contribution < -0.4 is 5.73 Å². The summed E-state index contributed by atoms with van der Waals surface area (Å²) in [6.07, 6.45) is 5.86. The van der Waals surface area contributed by atoms with E-state index in [1.807, 2.05) is 25.2 Å². The Balaban J connectivity index is 3.84. The number of rotatable bonds is 2. The first-order valence-corrected chi connectivity index (χ1v) is 3.26. The Morgan fingerprint density at radius 1 is 1.44 bits per heavy atom. The van der Waals surface area contributed by atoms with E-state index in [1.165, 1.54) is 0 Å². The quantitative estimate of drug-likeness (QED) is 0.562. The molecule has 0 aliphatic heterocycles. The minimum atomic E-state index is 0.459. The predicted octanol–water partition coefficient (Wildman–Crippen LogP) is 2.06. The second-order valence-electron chi connectivity index (χ2n) is 2.35. The summed E-state index contributed by atoms with van der Waals surface area (Å²) >= 11 is 0. The third-order valence-corrected chi connectivity index (χ3v) is 1.15. The van der Waals surface area contributed by atoms with E-state index in [9.17, 15) is 0 Å². The Hall–Kier alpha value is -0.720. The fourth-order valence-corrected chi connectivity index (χ4v) is 0.400. The monoisotopic (exact) mass is 125 g/mol. The van der Waals surface area contributed by atoms with Crippen LogP contribution in [0.2, 0.25) is 0 Å². The van der Waals surface area contributed by atoms with Crippen molar-refractivity contribution < 1.29 is 0 Å². The summed E-state index contributed by atoms with van der Waals surface area (Å²) in [7, 11) is 0. The van der Waals surface area contributed by atoms with Crippen LogP contribution in [0, 0.1) is 5.92 Å². The highest BCUT2D eigenvalue weighted by atomic mass is 14.6. The summed E-state index contributed by atoms with van der Waals surface area (Å²) < 4.78 is 0. The van der Waals surface area contributed by atoms with E-state index in [2.05, 4.69) is 13.8 Å². The van der Waals surface area contributed by atoms with Crippen molar-refractivity contribution in [2.45, 2.75) is 20.8 Å². The SMILES string of the molecule is C/C=C\C=C(/N)C(C)C. The molecule has 0 aromatic carbocycles. The van der Waals surface area contributed by atoms with Gasteiger partial charge in [-0.15, -0.1) is 0 Å². The zero-order valence-corrected chi connectivity index (χ0v) is 6.39. The molecule has 0 radical (unpaired) electrons. The molecule has 0 aliphatic rings. The second kappa shape index (κ2) is 4.19. The van der Waals surface area contributed by atoms with Gasteiger partial charge in [0.25, 0.3) is 0 Å². The van der Waals surface area contributed by atoms with Crippen molar-refractivity contribution in [3.63, 3.8) is 0 Å². The Morgan fingerprint density at radius 2 is 2.00 bits per heavy atom. The number of allylic oxidation sites excluding steroid dienone is 4. The van der Waals surface area contributed by atoms with Gasteiger partial charge in [-0.3, -0.25) is 0 Å². The van der Waals surface area contributed by atoms with E-state index in [-0.39, 0.29) is 0 Å². The smallest absolute Gasteiger partial charge is 0.0106 e. The molecule has 0 aromatic rings. The van der Waals surface area contributed by atoms with Crippen molar-refractivity contribution in [2.75, 3.05) is 0 Å². The van der Waals surface area contributed by atoms with Gasteiger partial charge >= 0.3 is 0 Å². The molecule has 9 heavy (non-hydrogen) atoms. The van der Waals surface area contributed by atoms with Crippen LogP contribution in [0.4, 0.5) is 0 Å². The molecule has 0 fully saturated rings. The minimum absolute atomic E-state index is 0.459. The molecule has 0 bridgehead atoms. The predicted molar refractivity (Wildman–Crippen MR) is 41.9 cm³/mol. The van der Waals surface area contributed by atoms with Gasteiger partial charge in [0.05, 0.1) is 0 Å². The van der Waals surface area contributed by atoms with Crippen molar-refractivity contribution in [1.82, 2.24) is 0 Å². The summed E-state index contributed by atoms with van der Waals surface area (Å²) in [5.74, 6) is 0.459. The highest BCUT2D eigenvalue weighted by Gasteiger charge is 1.92. The fraction of sp³-hybridized carbons (Fsp3) is 0.500. The number of hydrogen-bond acceptors (Lipinski definition) is 1. The largest absolute Gasteiger partial charge is 0.402 e. The molecular weight excluding hydrogens is 110 g/mol. The molecule has 0 unspecified atom stereocenters. The maximum atomic E-state index is 5.61. The van der Waals surface area contributed by atoms with E-state index >= 15 is 0 Å². The Bertz CT molecular complexity index is 121. The van der Waals surface area contributed by atoms with Gasteiger partial charge in [0.2, 0.25) is 0 Å². The molecule has 52 valence electrons. The molecule has 0 amide bonds.